The van der Waals surface area contributed by atoms with E-state index >= 15 is 0 Å². The van der Waals surface area contributed by atoms with Gasteiger partial charge in [-0.05, 0) is 41.0 Å². The van der Waals surface area contributed by atoms with E-state index in [0.717, 1.165) is 12.1 Å². The van der Waals surface area contributed by atoms with Crippen molar-refractivity contribution in [3.05, 3.63) is 89.5 Å². The second-order valence-corrected chi connectivity index (χ2v) is 8.41. The third-order valence-electron chi connectivity index (χ3n) is 5.96. The molecule has 4 rings (SSSR count). The van der Waals surface area contributed by atoms with Gasteiger partial charge < -0.3 is 14.8 Å². The lowest BCUT2D eigenvalue weighted by Gasteiger charge is -2.18. The number of carbonyl (C=O) groups is 1. The van der Waals surface area contributed by atoms with E-state index in [9.17, 15) is 26.7 Å². The van der Waals surface area contributed by atoms with Gasteiger partial charge >= 0.3 is 6.36 Å². The van der Waals surface area contributed by atoms with Gasteiger partial charge in [0.05, 0.1) is 24.1 Å². The van der Waals surface area contributed by atoms with Crippen LogP contribution in [-0.4, -0.2) is 38.2 Å². The molecule has 0 fully saturated rings. The van der Waals surface area contributed by atoms with E-state index in [2.05, 4.69) is 15.0 Å². The van der Waals surface area contributed by atoms with Gasteiger partial charge in [0, 0.05) is 25.8 Å². The Morgan fingerprint density at radius 1 is 0.973 bits per heavy atom. The molecule has 5 nitrogen and oxygen atoms in total. The van der Waals surface area contributed by atoms with Crippen molar-refractivity contribution in [1.29, 1.82) is 0 Å². The minimum atomic E-state index is -4.78. The molecule has 1 N–H and O–H groups in total. The third kappa shape index (κ3) is 6.32. The summed E-state index contributed by atoms with van der Waals surface area (Å²) >= 11 is 0. The number of hydrogen-bond acceptors (Lipinski definition) is 4. The van der Waals surface area contributed by atoms with Crippen LogP contribution in [0, 0.1) is 17.6 Å². The van der Waals surface area contributed by atoms with Gasteiger partial charge in [-0.3, -0.25) is 9.79 Å². The minimum Gasteiger partial charge on any atom is -0.406 e. The second-order valence-electron chi connectivity index (χ2n) is 8.41. The van der Waals surface area contributed by atoms with Crippen LogP contribution in [0.5, 0.6) is 5.75 Å². The zero-order valence-electron chi connectivity index (χ0n) is 19.7. The maximum Gasteiger partial charge on any atom is 0.573 e. The normalized spacial score (nSPS) is 17.4. The molecule has 10 heteroatoms. The quantitative estimate of drug-likeness (QED) is 0.301. The smallest absolute Gasteiger partial charge is 0.406 e. The zero-order chi connectivity index (χ0) is 26.6. The van der Waals surface area contributed by atoms with Crippen LogP contribution < -0.4 is 10.1 Å². The first-order chi connectivity index (χ1) is 17.7. The van der Waals surface area contributed by atoms with Crippen LogP contribution in [-0.2, 0) is 9.53 Å². The van der Waals surface area contributed by atoms with Crippen molar-refractivity contribution in [2.75, 3.05) is 20.3 Å². The first-order valence-electron chi connectivity index (χ1n) is 11.4. The Kier molecular flexibility index (Phi) is 7.87. The topological polar surface area (TPSA) is 59.9 Å². The summed E-state index contributed by atoms with van der Waals surface area (Å²) in [5, 5.41) is 2.77. The van der Waals surface area contributed by atoms with Gasteiger partial charge in [0.15, 0.2) is 0 Å². The lowest BCUT2D eigenvalue weighted by molar-refractivity contribution is -0.274. The maximum absolute atomic E-state index is 14.5. The molecule has 1 heterocycles. The van der Waals surface area contributed by atoms with Crippen molar-refractivity contribution in [3.63, 3.8) is 0 Å². The van der Waals surface area contributed by atoms with Crippen LogP contribution in [0.4, 0.5) is 22.0 Å². The number of nitrogens with zero attached hydrogens (tertiary/aromatic N) is 1. The molecule has 0 radical (unpaired) electrons. The number of halogens is 5. The molecule has 194 valence electrons. The molecule has 1 aliphatic heterocycles. The Balaban J connectivity index is 1.60. The number of aliphatic imine (C=N–C) groups is 1. The van der Waals surface area contributed by atoms with Crippen molar-refractivity contribution in [2.45, 2.75) is 18.8 Å². The van der Waals surface area contributed by atoms with E-state index in [1.807, 2.05) is 0 Å². The molecule has 1 amide bonds. The molecular formula is C27H23F5N2O3. The summed E-state index contributed by atoms with van der Waals surface area (Å²) in [5.41, 5.74) is 1.93. The van der Waals surface area contributed by atoms with Crippen molar-refractivity contribution in [1.82, 2.24) is 5.32 Å². The van der Waals surface area contributed by atoms with E-state index in [4.69, 9.17) is 4.74 Å². The Hall–Kier alpha value is -3.79. The van der Waals surface area contributed by atoms with Crippen molar-refractivity contribution in [3.8, 4) is 16.9 Å². The highest BCUT2D eigenvalue weighted by molar-refractivity contribution is 6.05. The first kappa shape index (κ1) is 26.3. The predicted molar refractivity (Wildman–Crippen MR) is 127 cm³/mol. The SMILES string of the molecule is COCCNC(=O)C1CC(c2c(F)cccc2F)=NC1c1ccc(-c2ccc(OC(F)(F)F)cc2)cc1. The minimum absolute atomic E-state index is 0.0454. The van der Waals surface area contributed by atoms with Gasteiger partial charge in [-0.2, -0.15) is 0 Å². The van der Waals surface area contributed by atoms with Crippen LogP contribution in [0.3, 0.4) is 0 Å². The molecule has 0 saturated carbocycles. The highest BCUT2D eigenvalue weighted by Crippen LogP contribution is 2.38. The molecule has 0 bridgehead atoms. The van der Waals surface area contributed by atoms with Crippen LogP contribution in [0.1, 0.15) is 23.6 Å². The third-order valence-corrected chi connectivity index (χ3v) is 5.96. The van der Waals surface area contributed by atoms with E-state index in [1.54, 1.807) is 24.3 Å². The van der Waals surface area contributed by atoms with Crippen LogP contribution in [0.2, 0.25) is 0 Å². The molecular weight excluding hydrogens is 495 g/mol. The van der Waals surface area contributed by atoms with Gasteiger partial charge in [0.25, 0.3) is 0 Å². The number of amides is 1. The number of nitrogens with one attached hydrogen (secondary N) is 1. The van der Waals surface area contributed by atoms with Crippen molar-refractivity contribution < 1.29 is 36.2 Å². The molecule has 2 unspecified atom stereocenters. The van der Waals surface area contributed by atoms with Crippen LogP contribution in [0.15, 0.2) is 71.7 Å². The molecule has 2 atom stereocenters. The summed E-state index contributed by atoms with van der Waals surface area (Å²) in [5.74, 6) is -2.86. The Morgan fingerprint density at radius 2 is 1.57 bits per heavy atom. The number of benzene rings is 3. The van der Waals surface area contributed by atoms with Gasteiger partial charge in [-0.25, -0.2) is 8.78 Å². The molecule has 0 aromatic heterocycles. The van der Waals surface area contributed by atoms with Crippen molar-refractivity contribution in [2.24, 2.45) is 10.9 Å². The summed E-state index contributed by atoms with van der Waals surface area (Å²) in [6.07, 6.45) is -4.73. The number of rotatable bonds is 8. The number of hydrogen-bond donors (Lipinski definition) is 1. The first-order valence-corrected chi connectivity index (χ1v) is 11.4. The van der Waals surface area contributed by atoms with Gasteiger partial charge in [-0.1, -0.05) is 42.5 Å². The zero-order valence-corrected chi connectivity index (χ0v) is 19.7. The fourth-order valence-electron chi connectivity index (χ4n) is 4.24. The van der Waals surface area contributed by atoms with Gasteiger partial charge in [0.1, 0.15) is 17.4 Å². The Labute approximate surface area is 209 Å². The molecule has 0 aliphatic carbocycles. The molecule has 3 aromatic rings. The summed E-state index contributed by atoms with van der Waals surface area (Å²) in [7, 11) is 1.51. The maximum atomic E-state index is 14.5. The van der Waals surface area contributed by atoms with E-state index in [-0.39, 0.29) is 35.9 Å². The molecule has 1 aliphatic rings. The molecule has 37 heavy (non-hydrogen) atoms. The average Bonchev–Trinajstić information content (AvgIpc) is 3.29. The summed E-state index contributed by atoms with van der Waals surface area (Å²) in [4.78, 5) is 17.5. The number of carbonyl (C=O) groups excluding carboxylic acids is 1. The molecule has 0 spiro atoms. The average molecular weight is 518 g/mol. The monoisotopic (exact) mass is 518 g/mol. The number of alkyl halides is 3. The lowest BCUT2D eigenvalue weighted by atomic mass is 9.90. The van der Waals surface area contributed by atoms with Crippen LogP contribution >= 0.6 is 0 Å². The Morgan fingerprint density at radius 3 is 2.14 bits per heavy atom. The van der Waals surface area contributed by atoms with E-state index in [0.29, 0.717) is 23.3 Å². The Bertz CT molecular complexity index is 1250. The summed E-state index contributed by atoms with van der Waals surface area (Å²) in [6, 6.07) is 15.2. The summed E-state index contributed by atoms with van der Waals surface area (Å²) in [6.45, 7) is 0.579. The standard InChI is InChI=1S/C27H23F5N2O3/c1-36-14-13-33-26(35)20-15-23(24-21(28)3-2-4-22(24)29)34-25(20)18-7-5-16(6-8-18)17-9-11-19(12-10-17)37-27(30,31)32/h2-12,20,25H,13-15H2,1H3,(H,33,35). The lowest BCUT2D eigenvalue weighted by Crippen LogP contribution is -2.34. The predicted octanol–water partition coefficient (Wildman–Crippen LogP) is 5.84. The van der Waals surface area contributed by atoms with Crippen molar-refractivity contribution >= 4 is 11.6 Å². The van der Waals surface area contributed by atoms with Gasteiger partial charge in [-0.15, -0.1) is 13.2 Å². The molecule has 0 saturated heterocycles. The van der Waals surface area contributed by atoms with Gasteiger partial charge in [0.2, 0.25) is 5.91 Å². The fraction of sp³-hybridized carbons (Fsp3) is 0.259. The second kappa shape index (κ2) is 11.1. The molecule has 3 aromatic carbocycles. The highest BCUT2D eigenvalue weighted by Gasteiger charge is 2.37. The number of ether oxygens (including phenoxy) is 2. The highest BCUT2D eigenvalue weighted by atomic mass is 19.4. The number of methoxy groups -OCH3 is 1. The van der Waals surface area contributed by atoms with E-state index in [1.165, 1.54) is 37.4 Å². The summed E-state index contributed by atoms with van der Waals surface area (Å²) < 4.78 is 75.0. The largest absolute Gasteiger partial charge is 0.573 e. The van der Waals surface area contributed by atoms with Crippen LogP contribution in [0.25, 0.3) is 11.1 Å². The van der Waals surface area contributed by atoms with E-state index < -0.39 is 30.0 Å². The fourth-order valence-corrected chi connectivity index (χ4v) is 4.24.